The van der Waals surface area contributed by atoms with Gasteiger partial charge in [-0.15, -0.1) is 0 Å². The average molecular weight is 255 g/mol. The zero-order valence-electron chi connectivity index (χ0n) is 11.5. The highest BCUT2D eigenvalue weighted by molar-refractivity contribution is 5.19. The minimum Gasteiger partial charge on any atom is -0.468 e. The van der Waals surface area contributed by atoms with Crippen molar-refractivity contribution in [2.45, 2.75) is 38.3 Å². The van der Waals surface area contributed by atoms with Crippen LogP contribution in [0, 0.1) is 0 Å². The number of piperidine rings is 1. The Hall–Kier alpha value is -1.54. The first-order valence-corrected chi connectivity index (χ1v) is 7.20. The van der Waals surface area contributed by atoms with E-state index in [9.17, 15) is 0 Å². The summed E-state index contributed by atoms with van der Waals surface area (Å²) in [5, 5.41) is 0. The average Bonchev–Trinajstić information content (AvgIpc) is 3.01. The van der Waals surface area contributed by atoms with Gasteiger partial charge in [0, 0.05) is 6.04 Å². The van der Waals surface area contributed by atoms with Crippen molar-refractivity contribution >= 4 is 0 Å². The SMILES string of the molecule is C[C@H](c1ccccc1)N1CCCC[C@H]1c1ccco1. The molecular weight excluding hydrogens is 234 g/mol. The molecule has 0 aliphatic carbocycles. The number of likely N-dealkylation sites (tertiary alicyclic amines) is 1. The zero-order chi connectivity index (χ0) is 13.1. The molecular formula is C17H21NO. The fraction of sp³-hybridized carbons (Fsp3) is 0.412. The quantitative estimate of drug-likeness (QED) is 0.799. The summed E-state index contributed by atoms with van der Waals surface area (Å²) in [5.41, 5.74) is 1.39. The second kappa shape index (κ2) is 5.62. The van der Waals surface area contributed by atoms with Crippen LogP contribution in [-0.4, -0.2) is 11.4 Å². The zero-order valence-corrected chi connectivity index (χ0v) is 11.5. The lowest BCUT2D eigenvalue weighted by molar-refractivity contribution is 0.0880. The van der Waals surface area contributed by atoms with Crippen molar-refractivity contribution in [3.63, 3.8) is 0 Å². The maximum absolute atomic E-state index is 5.65. The third kappa shape index (κ3) is 2.59. The van der Waals surface area contributed by atoms with Crippen LogP contribution >= 0.6 is 0 Å². The van der Waals surface area contributed by atoms with Gasteiger partial charge in [0.05, 0.1) is 12.3 Å². The fourth-order valence-corrected chi connectivity index (χ4v) is 3.13. The Balaban J connectivity index is 1.84. The van der Waals surface area contributed by atoms with Crippen molar-refractivity contribution in [3.05, 3.63) is 60.1 Å². The molecule has 1 aliphatic heterocycles. The molecule has 19 heavy (non-hydrogen) atoms. The summed E-state index contributed by atoms with van der Waals surface area (Å²) in [5.74, 6) is 1.11. The highest BCUT2D eigenvalue weighted by Gasteiger charge is 2.29. The summed E-state index contributed by atoms with van der Waals surface area (Å²) in [7, 11) is 0. The predicted molar refractivity (Wildman–Crippen MR) is 76.9 cm³/mol. The van der Waals surface area contributed by atoms with Gasteiger partial charge in [0.1, 0.15) is 5.76 Å². The molecule has 0 amide bonds. The number of benzene rings is 1. The molecule has 0 bridgehead atoms. The normalized spacial score (nSPS) is 22.3. The second-order valence-electron chi connectivity index (χ2n) is 5.35. The molecule has 1 fully saturated rings. The van der Waals surface area contributed by atoms with Crippen molar-refractivity contribution in [1.29, 1.82) is 0 Å². The number of furan rings is 1. The molecule has 0 saturated carbocycles. The minimum atomic E-state index is 0.430. The number of rotatable bonds is 3. The van der Waals surface area contributed by atoms with Crippen LogP contribution in [-0.2, 0) is 0 Å². The van der Waals surface area contributed by atoms with E-state index in [-0.39, 0.29) is 0 Å². The van der Waals surface area contributed by atoms with Crippen LogP contribution in [0.25, 0.3) is 0 Å². The van der Waals surface area contributed by atoms with Crippen LogP contribution in [0.5, 0.6) is 0 Å². The fourth-order valence-electron chi connectivity index (χ4n) is 3.13. The van der Waals surface area contributed by atoms with E-state index in [0.29, 0.717) is 12.1 Å². The molecule has 1 aromatic heterocycles. The second-order valence-corrected chi connectivity index (χ2v) is 5.35. The Kier molecular flexibility index (Phi) is 3.69. The molecule has 2 heterocycles. The molecule has 2 atom stereocenters. The molecule has 2 aromatic rings. The Morgan fingerprint density at radius 2 is 1.95 bits per heavy atom. The first-order chi connectivity index (χ1) is 9.36. The van der Waals surface area contributed by atoms with E-state index in [4.69, 9.17) is 4.42 Å². The van der Waals surface area contributed by atoms with Gasteiger partial charge in [-0.3, -0.25) is 4.90 Å². The van der Waals surface area contributed by atoms with Gasteiger partial charge in [0.2, 0.25) is 0 Å². The van der Waals surface area contributed by atoms with Crippen LogP contribution < -0.4 is 0 Å². The molecule has 2 heteroatoms. The van der Waals surface area contributed by atoms with Crippen LogP contribution in [0.15, 0.2) is 53.1 Å². The van der Waals surface area contributed by atoms with Gasteiger partial charge >= 0.3 is 0 Å². The molecule has 1 saturated heterocycles. The molecule has 1 aromatic carbocycles. The lowest BCUT2D eigenvalue weighted by atomic mass is 9.95. The third-order valence-electron chi connectivity index (χ3n) is 4.20. The van der Waals surface area contributed by atoms with Gasteiger partial charge in [-0.2, -0.15) is 0 Å². The smallest absolute Gasteiger partial charge is 0.120 e. The maximum Gasteiger partial charge on any atom is 0.120 e. The van der Waals surface area contributed by atoms with E-state index < -0.39 is 0 Å². The highest BCUT2D eigenvalue weighted by Crippen LogP contribution is 2.37. The number of nitrogens with zero attached hydrogens (tertiary/aromatic N) is 1. The van der Waals surface area contributed by atoms with E-state index in [1.165, 1.54) is 24.8 Å². The number of hydrogen-bond acceptors (Lipinski definition) is 2. The third-order valence-corrected chi connectivity index (χ3v) is 4.20. The van der Waals surface area contributed by atoms with E-state index in [2.05, 4.69) is 48.2 Å². The van der Waals surface area contributed by atoms with E-state index in [1.807, 2.05) is 6.07 Å². The van der Waals surface area contributed by atoms with Crippen LogP contribution in [0.3, 0.4) is 0 Å². The van der Waals surface area contributed by atoms with E-state index >= 15 is 0 Å². The van der Waals surface area contributed by atoms with Gasteiger partial charge in [-0.05, 0) is 44.0 Å². The first kappa shape index (κ1) is 12.5. The summed E-state index contributed by atoms with van der Waals surface area (Å²) >= 11 is 0. The first-order valence-electron chi connectivity index (χ1n) is 7.20. The molecule has 0 spiro atoms. The molecule has 1 aliphatic rings. The lowest BCUT2D eigenvalue weighted by Gasteiger charge is -2.39. The minimum absolute atomic E-state index is 0.430. The largest absolute Gasteiger partial charge is 0.468 e. The Morgan fingerprint density at radius 1 is 1.11 bits per heavy atom. The maximum atomic E-state index is 5.65. The van der Waals surface area contributed by atoms with Gasteiger partial charge in [-0.25, -0.2) is 0 Å². The highest BCUT2D eigenvalue weighted by atomic mass is 16.3. The molecule has 3 rings (SSSR count). The Labute approximate surface area is 115 Å². The summed E-state index contributed by atoms with van der Waals surface area (Å²) in [6.07, 6.45) is 5.57. The van der Waals surface area contributed by atoms with Gasteiger partial charge < -0.3 is 4.42 Å². The summed E-state index contributed by atoms with van der Waals surface area (Å²) in [6.45, 7) is 3.46. The van der Waals surface area contributed by atoms with Gasteiger partial charge in [-0.1, -0.05) is 36.8 Å². The Morgan fingerprint density at radius 3 is 2.68 bits per heavy atom. The molecule has 100 valence electrons. The summed E-state index contributed by atoms with van der Waals surface area (Å²) in [4.78, 5) is 2.58. The lowest BCUT2D eigenvalue weighted by Crippen LogP contribution is -2.35. The van der Waals surface area contributed by atoms with Crippen LogP contribution in [0.1, 0.15) is 49.6 Å². The summed E-state index contributed by atoms with van der Waals surface area (Å²) in [6, 6.07) is 15.7. The van der Waals surface area contributed by atoms with Crippen molar-refractivity contribution < 1.29 is 4.42 Å². The van der Waals surface area contributed by atoms with Crippen LogP contribution in [0.2, 0.25) is 0 Å². The standard InChI is InChI=1S/C17H21NO/c1-14(15-8-3-2-4-9-15)18-12-6-5-10-16(18)17-11-7-13-19-17/h2-4,7-9,11,13-14,16H,5-6,10,12H2,1H3/t14-,16+/m1/s1. The Bertz CT molecular complexity index is 491. The van der Waals surface area contributed by atoms with Crippen molar-refractivity contribution in [3.8, 4) is 0 Å². The topological polar surface area (TPSA) is 16.4 Å². The van der Waals surface area contributed by atoms with Gasteiger partial charge in [0.15, 0.2) is 0 Å². The van der Waals surface area contributed by atoms with Crippen LogP contribution in [0.4, 0.5) is 0 Å². The van der Waals surface area contributed by atoms with Gasteiger partial charge in [0.25, 0.3) is 0 Å². The van der Waals surface area contributed by atoms with E-state index in [0.717, 1.165) is 12.3 Å². The van der Waals surface area contributed by atoms with Crippen molar-refractivity contribution in [1.82, 2.24) is 4.90 Å². The molecule has 2 nitrogen and oxygen atoms in total. The predicted octanol–water partition coefficient (Wildman–Crippen LogP) is 4.57. The number of hydrogen-bond donors (Lipinski definition) is 0. The van der Waals surface area contributed by atoms with E-state index in [1.54, 1.807) is 6.26 Å². The molecule has 0 N–H and O–H groups in total. The molecule has 0 radical (unpaired) electrons. The van der Waals surface area contributed by atoms with Crippen molar-refractivity contribution in [2.24, 2.45) is 0 Å². The summed E-state index contributed by atoms with van der Waals surface area (Å²) < 4.78 is 5.65. The monoisotopic (exact) mass is 255 g/mol. The van der Waals surface area contributed by atoms with Crippen molar-refractivity contribution in [2.75, 3.05) is 6.54 Å². The molecule has 0 unspecified atom stereocenters.